The quantitative estimate of drug-likeness (QED) is 0.349. The van der Waals surface area contributed by atoms with Gasteiger partial charge >= 0.3 is 0 Å². The normalized spacial score (nSPS) is 22.0. The Balaban J connectivity index is 2.38. The third-order valence-corrected chi connectivity index (χ3v) is 7.69. The Morgan fingerprint density at radius 1 is 1.43 bits per heavy atom. The van der Waals surface area contributed by atoms with E-state index in [1.54, 1.807) is 26.3 Å². The van der Waals surface area contributed by atoms with Crippen molar-refractivity contribution in [1.82, 2.24) is 9.79 Å². The Morgan fingerprint density at radius 3 is 2.61 bits per heavy atom. The molecule has 0 radical (unpaired) electrons. The lowest BCUT2D eigenvalue weighted by Crippen LogP contribution is -2.63. The zero-order valence-corrected chi connectivity index (χ0v) is 17.6. The number of benzene rings is 1. The molecule has 0 saturated carbocycles. The van der Waals surface area contributed by atoms with Crippen LogP contribution in [0.15, 0.2) is 29.2 Å². The summed E-state index contributed by atoms with van der Waals surface area (Å²) in [5.41, 5.74) is 7.37. The van der Waals surface area contributed by atoms with Crippen LogP contribution in [-0.2, 0) is 14.8 Å². The van der Waals surface area contributed by atoms with Crippen molar-refractivity contribution in [2.24, 2.45) is 5.73 Å². The number of hydroxylamine groups is 1. The van der Waals surface area contributed by atoms with Gasteiger partial charge in [-0.1, -0.05) is 5.92 Å². The summed E-state index contributed by atoms with van der Waals surface area (Å²) in [5, 5.41) is 8.98. The lowest BCUT2D eigenvalue weighted by atomic mass is 10.0. The number of hydrogen-bond donors (Lipinski definition) is 3. The van der Waals surface area contributed by atoms with Gasteiger partial charge in [-0.15, -0.1) is 17.7 Å². The summed E-state index contributed by atoms with van der Waals surface area (Å²) in [5.74, 6) is 5.17. The van der Waals surface area contributed by atoms with Crippen molar-refractivity contribution in [1.29, 1.82) is 0 Å². The van der Waals surface area contributed by atoms with Gasteiger partial charge in [0.05, 0.1) is 4.90 Å². The van der Waals surface area contributed by atoms with E-state index in [0.717, 1.165) is 4.31 Å². The van der Waals surface area contributed by atoms with Crippen molar-refractivity contribution in [3.05, 3.63) is 24.3 Å². The number of ether oxygens (including phenoxy) is 1. The van der Waals surface area contributed by atoms with E-state index < -0.39 is 26.7 Å². The molecule has 4 N–H and O–H groups in total. The zero-order valence-electron chi connectivity index (χ0n) is 16.0. The average molecular weight is 428 g/mol. The molecule has 10 heteroatoms. The second-order valence-corrected chi connectivity index (χ2v) is 10.6. The minimum Gasteiger partial charge on any atom is -0.481 e. The van der Waals surface area contributed by atoms with Crippen LogP contribution in [0.3, 0.4) is 0 Å². The van der Waals surface area contributed by atoms with Gasteiger partial charge in [0.1, 0.15) is 18.4 Å². The van der Waals surface area contributed by atoms with E-state index in [1.165, 1.54) is 36.0 Å². The summed E-state index contributed by atoms with van der Waals surface area (Å²) in [4.78, 5) is 12.3. The maximum Gasteiger partial charge on any atom is 0.263 e. The van der Waals surface area contributed by atoms with Crippen LogP contribution >= 0.6 is 11.8 Å². The number of nitrogens with two attached hydrogens (primary N) is 1. The van der Waals surface area contributed by atoms with Gasteiger partial charge in [0, 0.05) is 23.1 Å². The van der Waals surface area contributed by atoms with Gasteiger partial charge < -0.3 is 10.5 Å². The molecule has 28 heavy (non-hydrogen) atoms. The monoisotopic (exact) mass is 427 g/mol. The van der Waals surface area contributed by atoms with Gasteiger partial charge in [0.15, 0.2) is 0 Å². The molecule has 2 rings (SSSR count). The zero-order chi connectivity index (χ0) is 20.9. The van der Waals surface area contributed by atoms with E-state index in [-0.39, 0.29) is 29.8 Å². The molecule has 8 nitrogen and oxygen atoms in total. The Kier molecular flexibility index (Phi) is 7.36. The van der Waals surface area contributed by atoms with E-state index >= 15 is 0 Å². The second kappa shape index (κ2) is 9.15. The molecule has 1 aromatic carbocycles. The maximum atomic E-state index is 13.3. The highest BCUT2D eigenvalue weighted by molar-refractivity contribution is 8.01. The Morgan fingerprint density at radius 2 is 2.07 bits per heavy atom. The lowest BCUT2D eigenvalue weighted by Gasteiger charge is -2.46. The van der Waals surface area contributed by atoms with Crippen LogP contribution in [0.5, 0.6) is 5.75 Å². The standard InChI is InChI=1S/C18H25N3O5S2/c1-4-5-10-26-13-6-8-15(9-7-13)28(24,25)21-12-14(11-19)27-18(2,3)16(21)17(22)20-23/h6-9,14,16,23H,10-12,19H2,1-3H3,(H,20,22)/t14-,16-/m1/s1. The number of hydrogen-bond acceptors (Lipinski definition) is 7. The molecule has 0 spiro atoms. The summed E-state index contributed by atoms with van der Waals surface area (Å²) < 4.78 is 32.3. The number of thioether (sulfide) groups is 1. The first-order valence-corrected chi connectivity index (χ1v) is 11.0. The lowest BCUT2D eigenvalue weighted by molar-refractivity contribution is -0.134. The van der Waals surface area contributed by atoms with E-state index in [9.17, 15) is 13.2 Å². The molecular weight excluding hydrogens is 402 g/mol. The molecule has 1 saturated heterocycles. The fraction of sp³-hybridized carbons (Fsp3) is 0.500. The summed E-state index contributed by atoms with van der Waals surface area (Å²) >= 11 is 1.43. The first-order chi connectivity index (χ1) is 13.2. The predicted octanol–water partition coefficient (Wildman–Crippen LogP) is 0.806. The Bertz CT molecular complexity index is 859. The molecule has 0 unspecified atom stereocenters. The molecule has 1 heterocycles. The number of nitrogens with one attached hydrogen (secondary N) is 1. The molecule has 0 aromatic heterocycles. The first-order valence-electron chi connectivity index (χ1n) is 8.63. The van der Waals surface area contributed by atoms with Crippen molar-refractivity contribution < 1.29 is 23.2 Å². The van der Waals surface area contributed by atoms with Crippen molar-refractivity contribution >= 4 is 27.7 Å². The van der Waals surface area contributed by atoms with Crippen LogP contribution in [0.2, 0.25) is 0 Å². The fourth-order valence-corrected chi connectivity index (χ4v) is 6.56. The van der Waals surface area contributed by atoms with Gasteiger partial charge in [-0.05, 0) is 45.0 Å². The van der Waals surface area contributed by atoms with Crippen molar-refractivity contribution in [2.75, 3.05) is 19.7 Å². The predicted molar refractivity (Wildman–Crippen MR) is 108 cm³/mol. The van der Waals surface area contributed by atoms with Gasteiger partial charge in [0.25, 0.3) is 5.91 Å². The molecule has 0 aliphatic carbocycles. The fourth-order valence-electron chi connectivity index (χ4n) is 3.09. The molecule has 1 amide bonds. The molecular formula is C18H25N3O5S2. The topological polar surface area (TPSA) is 122 Å². The van der Waals surface area contributed by atoms with E-state index in [4.69, 9.17) is 15.7 Å². The molecule has 1 aliphatic heterocycles. The van der Waals surface area contributed by atoms with E-state index in [2.05, 4.69) is 11.8 Å². The SMILES string of the molecule is CC#CCOc1ccc(S(=O)(=O)N2C[C@@H](CN)SC(C)(C)[C@H]2C(=O)NO)cc1. The highest BCUT2D eigenvalue weighted by Gasteiger charge is 2.50. The van der Waals surface area contributed by atoms with Gasteiger partial charge in [-0.25, -0.2) is 13.9 Å². The number of carbonyl (C=O) groups is 1. The Labute approximate surface area is 169 Å². The van der Waals surface area contributed by atoms with Gasteiger partial charge in [-0.2, -0.15) is 4.31 Å². The van der Waals surface area contributed by atoms with Crippen molar-refractivity contribution in [2.45, 2.75) is 41.7 Å². The van der Waals surface area contributed by atoms with Crippen LogP contribution < -0.4 is 16.0 Å². The molecule has 1 fully saturated rings. The van der Waals surface area contributed by atoms with Crippen molar-refractivity contribution in [3.63, 3.8) is 0 Å². The highest BCUT2D eigenvalue weighted by Crippen LogP contribution is 2.41. The van der Waals surface area contributed by atoms with Crippen LogP contribution in [0.4, 0.5) is 0 Å². The third kappa shape index (κ3) is 4.79. The molecule has 154 valence electrons. The summed E-state index contributed by atoms with van der Waals surface area (Å²) in [6, 6.07) is 4.82. The van der Waals surface area contributed by atoms with Gasteiger partial charge in [-0.3, -0.25) is 10.0 Å². The number of amides is 1. The Hall–Kier alpha value is -1.77. The largest absolute Gasteiger partial charge is 0.481 e. The van der Waals surface area contributed by atoms with Gasteiger partial charge in [0.2, 0.25) is 10.0 Å². The number of nitrogens with zero attached hydrogens (tertiary/aromatic N) is 1. The van der Waals surface area contributed by atoms with Crippen LogP contribution in [0, 0.1) is 11.8 Å². The number of sulfonamides is 1. The molecule has 2 atom stereocenters. The summed E-state index contributed by atoms with van der Waals surface area (Å²) in [6.07, 6.45) is 0. The minimum atomic E-state index is -4.01. The first kappa shape index (κ1) is 22.5. The second-order valence-electron chi connectivity index (χ2n) is 6.72. The third-order valence-electron chi connectivity index (χ3n) is 4.34. The van der Waals surface area contributed by atoms with Crippen LogP contribution in [0.25, 0.3) is 0 Å². The minimum absolute atomic E-state index is 0.0237. The number of rotatable bonds is 6. The maximum absolute atomic E-state index is 13.3. The average Bonchev–Trinajstić information content (AvgIpc) is 2.66. The highest BCUT2D eigenvalue weighted by atomic mass is 32.2. The van der Waals surface area contributed by atoms with Crippen molar-refractivity contribution in [3.8, 4) is 17.6 Å². The summed E-state index contributed by atoms with van der Waals surface area (Å²) in [7, 11) is -4.01. The molecule has 1 aliphatic rings. The molecule has 1 aromatic rings. The van der Waals surface area contributed by atoms with Crippen LogP contribution in [0.1, 0.15) is 20.8 Å². The molecule has 0 bridgehead atoms. The smallest absolute Gasteiger partial charge is 0.263 e. The number of carbonyl (C=O) groups excluding carboxylic acids is 1. The summed E-state index contributed by atoms with van der Waals surface area (Å²) in [6.45, 7) is 5.75. The van der Waals surface area contributed by atoms with Crippen LogP contribution in [-0.4, -0.2) is 59.6 Å². The van der Waals surface area contributed by atoms with E-state index in [1.807, 2.05) is 0 Å². The van der Waals surface area contributed by atoms with E-state index in [0.29, 0.717) is 5.75 Å².